The number of rotatable bonds is 14. The molecule has 0 saturated carbocycles. The number of nitrogen functional groups attached to an aromatic ring is 1. The molecule has 0 radical (unpaired) electrons. The maximum atomic E-state index is 13.1. The summed E-state index contributed by atoms with van der Waals surface area (Å²) in [6.45, 7) is 0. The fraction of sp³-hybridized carbons (Fsp3) is 0. The minimum atomic E-state index is -4.76. The summed E-state index contributed by atoms with van der Waals surface area (Å²) in [5.41, 5.74) is 6.35. The van der Waals surface area contributed by atoms with E-state index in [9.17, 15) is 40.9 Å². The van der Waals surface area contributed by atoms with Gasteiger partial charge in [0.05, 0.1) is 56.6 Å². The van der Waals surface area contributed by atoms with Crippen LogP contribution < -0.4 is 11.1 Å². The highest BCUT2D eigenvalue weighted by Gasteiger charge is 2.21. The van der Waals surface area contributed by atoms with E-state index < -0.39 is 47.4 Å². The minimum absolute atomic E-state index is 0.00341. The summed E-state index contributed by atoms with van der Waals surface area (Å²) in [7, 11) is -9.48. The number of amides is 1. The Morgan fingerprint density at radius 3 is 2.00 bits per heavy atom. The minimum Gasteiger partial charge on any atom is -0.507 e. The van der Waals surface area contributed by atoms with Gasteiger partial charge in [-0.15, -0.1) is 24.0 Å². The van der Waals surface area contributed by atoms with Gasteiger partial charge in [-0.3, -0.25) is 13.9 Å². The lowest BCUT2D eigenvalue weighted by molar-refractivity contribution is -0.432. The molecule has 0 aromatic heterocycles. The molecule has 7 aromatic carbocycles. The summed E-state index contributed by atoms with van der Waals surface area (Å²) in [5.74, 6) is -1.11. The van der Waals surface area contributed by atoms with Crippen molar-refractivity contribution in [2.75, 3.05) is 11.1 Å². The number of benzene rings is 7. The number of nitrogens with zero attached hydrogens (tertiary/aromatic N) is 4. The normalized spacial score (nSPS) is 12.3. The first kappa shape index (κ1) is 43.7. The SMILES string of the molecule is Nc1cc2c(O)c(N=Nc3ccc(N=Nc4ccc(C(=O)Nc5ccc6c(O)cc(SOOO)cc6c5)cc4)c4ccc(S(=O)(=O)O)cc34)c(SOOO)cc2cc1S(=O)(=O)O. The Morgan fingerprint density at radius 2 is 1.31 bits per heavy atom. The Balaban J connectivity index is 1.17. The molecule has 0 saturated heterocycles. The van der Waals surface area contributed by atoms with Gasteiger partial charge in [-0.25, -0.2) is 10.5 Å². The monoisotopic (exact) mass is 922 g/mol. The standard InChI is InChI=1S/C37H26N6O15S4/c38-29-17-27-20(14-34(29)62(52,53)54)13-33(60-58-56-48)35(36(27)45)43-42-31-10-9-30(26-8-6-24(16-28(26)31)61(49,50)51)41-40-21-3-1-18(2-4-21)37(46)39-22-5-7-25-19(11-22)12-23(15-32(25)44)59-57-55-47/h1-17,44-45,47-48H,38H2,(H,39,46)(H,49,50,51)(H,52,53,54). The Kier molecular flexibility index (Phi) is 12.7. The highest BCUT2D eigenvalue weighted by Crippen LogP contribution is 2.46. The average Bonchev–Trinajstić information content (AvgIpc) is 3.23. The highest BCUT2D eigenvalue weighted by atomic mass is 32.2. The lowest BCUT2D eigenvalue weighted by Gasteiger charge is -2.11. The number of fused-ring (bicyclic) bond motifs is 3. The number of anilines is 2. The second kappa shape index (κ2) is 17.9. The second-order valence-corrected chi connectivity index (χ2v) is 17.0. The van der Waals surface area contributed by atoms with Crippen LogP contribution in [0.1, 0.15) is 10.4 Å². The quantitative estimate of drug-likeness (QED) is 0.0126. The molecular weight excluding hydrogens is 897 g/mol. The van der Waals surface area contributed by atoms with E-state index in [0.29, 0.717) is 51.1 Å². The van der Waals surface area contributed by atoms with Gasteiger partial charge in [0.25, 0.3) is 26.1 Å². The third-order valence-corrected chi connectivity index (χ3v) is 11.8. The van der Waals surface area contributed by atoms with Gasteiger partial charge in [0, 0.05) is 37.7 Å². The van der Waals surface area contributed by atoms with Crippen LogP contribution >= 0.6 is 24.1 Å². The van der Waals surface area contributed by atoms with Crippen molar-refractivity contribution < 1.29 is 70.2 Å². The fourth-order valence-corrected chi connectivity index (χ4v) is 8.14. The van der Waals surface area contributed by atoms with Crippen LogP contribution in [0.4, 0.5) is 34.1 Å². The molecule has 7 rings (SSSR count). The highest BCUT2D eigenvalue weighted by molar-refractivity contribution is 7.95. The number of nitrogens with two attached hydrogens (primary N) is 1. The number of carbonyl (C=O) groups is 1. The predicted octanol–water partition coefficient (Wildman–Crippen LogP) is 9.57. The molecule has 318 valence electrons. The number of phenols is 2. The van der Waals surface area contributed by atoms with Crippen molar-refractivity contribution in [2.45, 2.75) is 19.6 Å². The third-order valence-electron chi connectivity index (χ3n) is 8.84. The molecule has 0 fully saturated rings. The number of phenolic OH excluding ortho intramolecular Hbond substituents is 2. The Hall–Kier alpha value is -6.33. The zero-order valence-electron chi connectivity index (χ0n) is 30.7. The van der Waals surface area contributed by atoms with Gasteiger partial charge in [0.2, 0.25) is 0 Å². The lowest BCUT2D eigenvalue weighted by atomic mass is 10.1. The predicted molar refractivity (Wildman–Crippen MR) is 223 cm³/mol. The Morgan fingerprint density at radius 1 is 0.645 bits per heavy atom. The van der Waals surface area contributed by atoms with Crippen LogP contribution in [0, 0.1) is 0 Å². The number of hydrogen-bond donors (Lipinski definition) is 8. The number of aromatic hydroxyl groups is 2. The molecule has 0 unspecified atom stereocenters. The van der Waals surface area contributed by atoms with Crippen LogP contribution in [0.25, 0.3) is 32.3 Å². The van der Waals surface area contributed by atoms with Crippen LogP contribution in [0.2, 0.25) is 0 Å². The van der Waals surface area contributed by atoms with E-state index in [1.54, 1.807) is 24.3 Å². The Labute approximate surface area is 356 Å². The number of azo groups is 2. The van der Waals surface area contributed by atoms with E-state index in [1.165, 1.54) is 54.6 Å². The van der Waals surface area contributed by atoms with Gasteiger partial charge in [-0.05, 0) is 108 Å². The average molecular weight is 923 g/mol. The fourth-order valence-electron chi connectivity index (χ4n) is 6.06. The first-order valence-corrected chi connectivity index (χ1v) is 21.3. The van der Waals surface area contributed by atoms with E-state index in [1.807, 2.05) is 0 Å². The van der Waals surface area contributed by atoms with Gasteiger partial charge < -0.3 is 21.3 Å². The Bertz CT molecular complexity index is 3210. The maximum absolute atomic E-state index is 13.1. The van der Waals surface area contributed by atoms with Crippen LogP contribution in [-0.4, -0.2) is 52.6 Å². The van der Waals surface area contributed by atoms with E-state index in [-0.39, 0.29) is 54.8 Å². The number of carbonyl (C=O) groups excluding carboxylic acids is 1. The van der Waals surface area contributed by atoms with Crippen molar-refractivity contribution in [1.29, 1.82) is 0 Å². The van der Waals surface area contributed by atoms with Crippen molar-refractivity contribution in [3.05, 3.63) is 109 Å². The topological polar surface area (TPSA) is 331 Å². The van der Waals surface area contributed by atoms with Gasteiger partial charge in [-0.1, -0.05) is 16.1 Å². The molecule has 25 heteroatoms. The molecule has 0 aliphatic carbocycles. The molecule has 0 atom stereocenters. The summed E-state index contributed by atoms with van der Waals surface area (Å²) < 4.78 is 76.3. The summed E-state index contributed by atoms with van der Waals surface area (Å²) in [6, 6.07) is 23.8. The first-order chi connectivity index (χ1) is 29.5. The first-order valence-electron chi connectivity index (χ1n) is 17.0. The van der Waals surface area contributed by atoms with Crippen molar-refractivity contribution >= 4 is 117 Å². The molecule has 7 aromatic rings. The van der Waals surface area contributed by atoms with E-state index in [2.05, 4.69) is 44.5 Å². The van der Waals surface area contributed by atoms with Crippen molar-refractivity contribution in [1.82, 2.24) is 0 Å². The van der Waals surface area contributed by atoms with Crippen LogP contribution in [0.3, 0.4) is 0 Å². The van der Waals surface area contributed by atoms with Crippen molar-refractivity contribution in [3.63, 3.8) is 0 Å². The van der Waals surface area contributed by atoms with Crippen molar-refractivity contribution in [2.24, 2.45) is 20.5 Å². The third kappa shape index (κ3) is 9.58. The maximum Gasteiger partial charge on any atom is 0.296 e. The van der Waals surface area contributed by atoms with E-state index in [4.69, 9.17) is 16.2 Å². The molecule has 9 N–H and O–H groups in total. The van der Waals surface area contributed by atoms with Gasteiger partial charge >= 0.3 is 0 Å². The van der Waals surface area contributed by atoms with Gasteiger partial charge in [-0.2, -0.15) is 21.9 Å². The zero-order valence-corrected chi connectivity index (χ0v) is 33.9. The number of nitrogens with one attached hydrogen (secondary N) is 1. The molecule has 0 aliphatic heterocycles. The van der Waals surface area contributed by atoms with Crippen LogP contribution in [0.5, 0.6) is 11.5 Å². The van der Waals surface area contributed by atoms with E-state index in [0.717, 1.165) is 24.3 Å². The van der Waals surface area contributed by atoms with Crippen LogP contribution in [-0.2, 0) is 39.0 Å². The molecule has 0 aliphatic rings. The molecule has 0 spiro atoms. The summed E-state index contributed by atoms with van der Waals surface area (Å²) in [6.07, 6.45) is 0. The molecular formula is C37H26N6O15S4. The van der Waals surface area contributed by atoms with Gasteiger partial charge in [0.15, 0.2) is 5.75 Å². The summed E-state index contributed by atoms with van der Waals surface area (Å²) in [4.78, 5) is 12.3. The number of hydrogen-bond acceptors (Lipinski definition) is 20. The molecule has 0 bridgehead atoms. The molecule has 62 heavy (non-hydrogen) atoms. The van der Waals surface area contributed by atoms with E-state index >= 15 is 0 Å². The molecule has 21 nitrogen and oxygen atoms in total. The van der Waals surface area contributed by atoms with Crippen molar-refractivity contribution in [3.8, 4) is 11.5 Å². The molecule has 0 heterocycles. The van der Waals surface area contributed by atoms with Gasteiger partial charge in [0.1, 0.15) is 16.3 Å². The smallest absolute Gasteiger partial charge is 0.296 e. The summed E-state index contributed by atoms with van der Waals surface area (Å²) in [5, 5.41) is 67.2. The lowest BCUT2D eigenvalue weighted by Crippen LogP contribution is -2.11. The summed E-state index contributed by atoms with van der Waals surface area (Å²) >= 11 is 0.999. The molecule has 1 amide bonds. The van der Waals surface area contributed by atoms with Crippen LogP contribution in [0.15, 0.2) is 143 Å². The zero-order chi connectivity index (χ0) is 44.3. The largest absolute Gasteiger partial charge is 0.507 e. The second-order valence-electron chi connectivity index (χ2n) is 12.7.